The van der Waals surface area contributed by atoms with Gasteiger partial charge in [0.1, 0.15) is 0 Å². The van der Waals surface area contributed by atoms with Gasteiger partial charge in [0.15, 0.2) is 13.4 Å². The van der Waals surface area contributed by atoms with Crippen LogP contribution in [0.2, 0.25) is 0 Å². The van der Waals surface area contributed by atoms with E-state index in [4.69, 9.17) is 0 Å². The van der Waals surface area contributed by atoms with Gasteiger partial charge < -0.3 is 26.3 Å². The summed E-state index contributed by atoms with van der Waals surface area (Å²) in [5.74, 6) is 0. The minimum atomic E-state index is -3.08. The summed E-state index contributed by atoms with van der Waals surface area (Å²) in [4.78, 5) is 0. The molecule has 0 radical (unpaired) electrons. The Balaban J connectivity index is -0.0000000720. The van der Waals surface area contributed by atoms with E-state index in [0.29, 0.717) is 0 Å². The molecule has 0 aromatic heterocycles. The van der Waals surface area contributed by atoms with Crippen LogP contribution >= 0.6 is 0 Å². The number of hydrogen-bond acceptors (Lipinski definition) is 0. The topological polar surface area (TPSA) is 0 Å². The second-order valence-corrected chi connectivity index (χ2v) is 0.429. The van der Waals surface area contributed by atoms with Crippen molar-refractivity contribution < 1.29 is 48.7 Å². The molecule has 0 amide bonds. The van der Waals surface area contributed by atoms with E-state index in [0.717, 1.165) is 0 Å². The van der Waals surface area contributed by atoms with E-state index < -0.39 is 13.4 Å². The summed E-state index contributed by atoms with van der Waals surface area (Å²) in [7, 11) is 0. The van der Waals surface area contributed by atoms with Crippen molar-refractivity contribution in [3.63, 3.8) is 0 Å². The van der Waals surface area contributed by atoms with Crippen LogP contribution in [0.5, 0.6) is 0 Å². The molecule has 62 valence electrons. The Kier molecular flexibility index (Phi) is 20.0. The van der Waals surface area contributed by atoms with E-state index in [9.17, 15) is 26.3 Å². The standard InChI is InChI=1S/2CF3.Ag/c2*2-1(3)4;/q2*-1;+1. The van der Waals surface area contributed by atoms with Crippen LogP contribution in [-0.2, 0) is 22.4 Å². The predicted octanol–water partition coefficient (Wildman–Crippen LogP) is 2.68. The van der Waals surface area contributed by atoms with E-state index in [-0.39, 0.29) is 22.4 Å². The second kappa shape index (κ2) is 11.2. The largest absolute Gasteiger partial charge is 1.00 e. The number of hydrogen-bond donors (Lipinski definition) is 0. The van der Waals surface area contributed by atoms with Crippen molar-refractivity contribution in [3.8, 4) is 0 Å². The maximum Gasteiger partial charge on any atom is 1.00 e. The zero-order valence-corrected chi connectivity index (χ0v) is 5.05. The fourth-order valence-corrected chi connectivity index (χ4v) is 0. The Hall–Kier alpha value is 0.320. The Morgan fingerprint density at radius 1 is 0.556 bits per heavy atom. The van der Waals surface area contributed by atoms with Crippen LogP contribution in [0, 0.1) is 13.4 Å². The van der Waals surface area contributed by atoms with Gasteiger partial charge in [0.05, 0.1) is 0 Å². The van der Waals surface area contributed by atoms with E-state index in [2.05, 4.69) is 0 Å². The van der Waals surface area contributed by atoms with Gasteiger partial charge in [-0.25, -0.2) is 0 Å². The van der Waals surface area contributed by atoms with Crippen molar-refractivity contribution >= 4 is 0 Å². The van der Waals surface area contributed by atoms with Crippen molar-refractivity contribution in [3.05, 3.63) is 13.4 Å². The summed E-state index contributed by atoms with van der Waals surface area (Å²) in [6, 6.07) is 0. The van der Waals surface area contributed by atoms with Crippen LogP contribution in [0.15, 0.2) is 0 Å². The Bertz CT molecular complexity index is 26.5. The minimum absolute atomic E-state index is 0. The molecule has 0 N–H and O–H groups in total. The van der Waals surface area contributed by atoms with Crippen LogP contribution in [0.4, 0.5) is 26.3 Å². The molecule has 0 unspecified atom stereocenters. The van der Waals surface area contributed by atoms with E-state index in [1.165, 1.54) is 0 Å². The van der Waals surface area contributed by atoms with E-state index in [1.54, 1.807) is 0 Å². The first-order chi connectivity index (χ1) is 3.46. The van der Waals surface area contributed by atoms with Crippen LogP contribution < -0.4 is 0 Å². The first-order valence-electron chi connectivity index (χ1n) is 1.13. The fraction of sp³-hybridized carbons (Fsp3) is 0. The molecule has 0 heterocycles. The summed E-state index contributed by atoms with van der Waals surface area (Å²) in [5, 5.41) is 0. The minimum Gasteiger partial charge on any atom is -0.385 e. The molecule has 0 bridgehead atoms. The van der Waals surface area contributed by atoms with E-state index in [1.807, 2.05) is 0 Å². The molecule has 0 aliphatic carbocycles. The third-order valence-corrected chi connectivity index (χ3v) is 0. The van der Waals surface area contributed by atoms with Gasteiger partial charge in [-0.2, -0.15) is 0 Å². The summed E-state index contributed by atoms with van der Waals surface area (Å²) >= 11 is 0. The van der Waals surface area contributed by atoms with Gasteiger partial charge in [0, 0.05) is 0 Å². The van der Waals surface area contributed by atoms with Crippen LogP contribution in [0.1, 0.15) is 0 Å². The van der Waals surface area contributed by atoms with Crippen molar-refractivity contribution in [1.29, 1.82) is 0 Å². The first-order valence-corrected chi connectivity index (χ1v) is 1.13. The molecule has 0 spiro atoms. The van der Waals surface area contributed by atoms with E-state index >= 15 is 0 Å². The molecule has 7 heteroatoms. The Morgan fingerprint density at radius 2 is 0.556 bits per heavy atom. The quantitative estimate of drug-likeness (QED) is 0.350. The average Bonchev–Trinajstić information content (AvgIpc) is 1.25. The van der Waals surface area contributed by atoms with Crippen LogP contribution in [0.3, 0.4) is 0 Å². The molecule has 0 aromatic rings. The normalized spacial score (nSPS) is 8.00. The maximum absolute atomic E-state index is 9.58. The monoisotopic (exact) mass is 245 g/mol. The third kappa shape index (κ3) is 3240. The van der Waals surface area contributed by atoms with Crippen molar-refractivity contribution in [2.75, 3.05) is 0 Å². The van der Waals surface area contributed by atoms with Crippen molar-refractivity contribution in [2.45, 2.75) is 0 Å². The summed E-state index contributed by atoms with van der Waals surface area (Å²) in [6.07, 6.45) is 0. The van der Waals surface area contributed by atoms with Crippen LogP contribution in [0.25, 0.3) is 0 Å². The molecule has 0 aliphatic heterocycles. The molecule has 0 aliphatic rings. The van der Waals surface area contributed by atoms with Gasteiger partial charge in [0.2, 0.25) is 0 Å². The Labute approximate surface area is 62.7 Å². The van der Waals surface area contributed by atoms with Gasteiger partial charge in [-0.3, -0.25) is 0 Å². The first kappa shape index (κ1) is 16.2. The van der Waals surface area contributed by atoms with Crippen molar-refractivity contribution in [1.82, 2.24) is 0 Å². The number of halogens is 6. The summed E-state index contributed by atoms with van der Waals surface area (Å²) < 4.78 is 57.5. The van der Waals surface area contributed by atoms with Gasteiger partial charge >= 0.3 is 22.4 Å². The molecule has 0 atom stereocenters. The van der Waals surface area contributed by atoms with Gasteiger partial charge in [-0.1, -0.05) is 0 Å². The molecule has 9 heavy (non-hydrogen) atoms. The average molecular weight is 246 g/mol. The van der Waals surface area contributed by atoms with Crippen LogP contribution in [-0.4, -0.2) is 0 Å². The molecule has 0 rings (SSSR count). The zero-order chi connectivity index (χ0) is 7.15. The fourth-order valence-electron chi connectivity index (χ4n) is 0. The molecule has 0 nitrogen and oxygen atoms in total. The van der Waals surface area contributed by atoms with Gasteiger partial charge in [0.25, 0.3) is 0 Å². The molecule has 0 saturated heterocycles. The summed E-state index contributed by atoms with van der Waals surface area (Å²) in [6.45, 7) is -6.17. The summed E-state index contributed by atoms with van der Waals surface area (Å²) in [5.41, 5.74) is 0. The molecule has 0 fully saturated rings. The Morgan fingerprint density at radius 3 is 0.556 bits per heavy atom. The maximum atomic E-state index is 9.58. The third-order valence-electron chi connectivity index (χ3n) is 0. The molecule has 0 saturated carbocycles. The second-order valence-electron chi connectivity index (χ2n) is 0.429. The molecular formula is C2AgF6-. The van der Waals surface area contributed by atoms with Crippen molar-refractivity contribution in [2.24, 2.45) is 0 Å². The SMILES string of the molecule is F[C-](F)F.F[C-](F)F.[Ag+]. The predicted molar refractivity (Wildman–Crippen MR) is 13.1 cm³/mol. The molecular weight excluding hydrogens is 246 g/mol. The van der Waals surface area contributed by atoms with Gasteiger partial charge in [-0.15, -0.1) is 0 Å². The zero-order valence-electron chi connectivity index (χ0n) is 3.57. The smallest absolute Gasteiger partial charge is 0.385 e. The van der Waals surface area contributed by atoms with Gasteiger partial charge in [-0.05, 0) is 0 Å². The molecule has 0 aromatic carbocycles. The number of rotatable bonds is 0.